The Balaban J connectivity index is 0.934. The number of fused-ring (bicyclic) bond motifs is 10. The summed E-state index contributed by atoms with van der Waals surface area (Å²) >= 11 is 0. The predicted molar refractivity (Wildman–Crippen MR) is 259 cm³/mol. The van der Waals surface area contributed by atoms with E-state index < -0.39 is 11.6 Å². The number of hydrogen-bond donors (Lipinski definition) is 2. The first-order valence-electron chi connectivity index (χ1n) is 27.8. The molecule has 9 fully saturated rings. The van der Waals surface area contributed by atoms with E-state index in [4.69, 9.17) is 50.0 Å². The van der Waals surface area contributed by atoms with E-state index in [1.807, 2.05) is 0 Å². The van der Waals surface area contributed by atoms with Gasteiger partial charge in [0.1, 0.15) is 24.4 Å². The van der Waals surface area contributed by atoms with E-state index >= 15 is 0 Å². The maximum Gasteiger partial charge on any atom is 0.302 e. The van der Waals surface area contributed by atoms with Crippen molar-refractivity contribution in [3.8, 4) is 0 Å². The molecule has 0 bridgehead atoms. The standard InChI is InChI=1S/C56H86N2O14/c1-29(11-17-47(57)63)37-13-15-39-49-41(25-45(53(37,39)9)67-33(5)61)51(7)19-21-55(27-35(51)23-43(49)65-31(3)59)69-71-56(72-70-55)22-20-52(8)36(28-56)24-44(66-32(4)60)50-40-16-14-38(30(2)12-18-48(58)64)54(40,10)46(26-42(50)52)68-34(6)62/h29-30,35-46,49-50H,11-28H2,1-10H3,(H2,57,63)(H2,58,64)/t29?,30?,35-,36-,37-,38-,39+,40+,41+,42+,43-,44-,45+,46+,49+,50+,51+,52+,53-,54-,55?,56?/m1/s1. The van der Waals surface area contributed by atoms with Gasteiger partial charge in [0.25, 0.3) is 0 Å². The molecular formula is C56H86N2O14. The van der Waals surface area contributed by atoms with Crippen LogP contribution in [0.3, 0.4) is 0 Å². The van der Waals surface area contributed by atoms with Gasteiger partial charge in [-0.25, -0.2) is 0 Å². The highest BCUT2D eigenvalue weighted by molar-refractivity contribution is 5.74. The van der Waals surface area contributed by atoms with Crippen molar-refractivity contribution < 1.29 is 67.3 Å². The van der Waals surface area contributed by atoms with Crippen LogP contribution in [-0.4, -0.2) is 71.7 Å². The van der Waals surface area contributed by atoms with Gasteiger partial charge >= 0.3 is 23.9 Å². The van der Waals surface area contributed by atoms with Crippen molar-refractivity contribution in [3.05, 3.63) is 0 Å². The summed E-state index contributed by atoms with van der Waals surface area (Å²) in [7, 11) is 0. The molecule has 16 heteroatoms. The number of carbonyl (C=O) groups is 6. The third-order valence-corrected chi connectivity index (χ3v) is 22.6. The molecule has 2 amide bonds. The molecule has 0 aromatic rings. The number of esters is 4. The highest BCUT2D eigenvalue weighted by Crippen LogP contribution is 2.73. The van der Waals surface area contributed by atoms with Gasteiger partial charge in [-0.05, 0) is 147 Å². The number of carbonyl (C=O) groups excluding carboxylic acids is 6. The first kappa shape index (κ1) is 53.5. The first-order valence-corrected chi connectivity index (χ1v) is 27.8. The fourth-order valence-corrected chi connectivity index (χ4v) is 19.3. The van der Waals surface area contributed by atoms with Crippen molar-refractivity contribution in [1.82, 2.24) is 0 Å². The zero-order valence-electron chi connectivity index (χ0n) is 44.8. The summed E-state index contributed by atoms with van der Waals surface area (Å²) in [5.74, 6) is -3.05. The minimum atomic E-state index is -1.20. The molecule has 0 radical (unpaired) electrons. The summed E-state index contributed by atoms with van der Waals surface area (Å²) in [6.45, 7) is 19.5. The molecule has 8 saturated carbocycles. The average molecular weight is 1010 g/mol. The monoisotopic (exact) mass is 1010 g/mol. The fraction of sp³-hybridized carbons (Fsp3) is 0.893. The van der Waals surface area contributed by atoms with Gasteiger partial charge in [0.2, 0.25) is 23.4 Å². The van der Waals surface area contributed by atoms with Gasteiger partial charge in [-0.3, -0.25) is 28.8 Å². The van der Waals surface area contributed by atoms with E-state index in [0.717, 1.165) is 38.5 Å². The molecule has 0 aromatic carbocycles. The topological polar surface area (TPSA) is 228 Å². The lowest BCUT2D eigenvalue weighted by Gasteiger charge is -2.66. The summed E-state index contributed by atoms with van der Waals surface area (Å²) in [4.78, 5) is 102. The fourth-order valence-electron chi connectivity index (χ4n) is 19.3. The third kappa shape index (κ3) is 9.00. The summed E-state index contributed by atoms with van der Waals surface area (Å²) in [6.07, 6.45) is 10.1. The van der Waals surface area contributed by atoms with Crippen LogP contribution in [-0.2, 0) is 67.3 Å². The van der Waals surface area contributed by atoms with Gasteiger partial charge in [-0.15, -0.1) is 0 Å². The van der Waals surface area contributed by atoms with Gasteiger partial charge in [0.15, 0.2) is 0 Å². The number of nitrogens with two attached hydrogens (primary N) is 2. The number of hydrogen-bond acceptors (Lipinski definition) is 14. The van der Waals surface area contributed by atoms with Crippen LogP contribution >= 0.6 is 0 Å². The Morgan fingerprint density at radius 1 is 0.500 bits per heavy atom. The van der Waals surface area contributed by atoms with Crippen molar-refractivity contribution in [3.63, 3.8) is 0 Å². The number of rotatable bonds is 12. The number of primary amides is 2. The zero-order chi connectivity index (χ0) is 52.1. The molecule has 2 spiro atoms. The Morgan fingerprint density at radius 3 is 1.17 bits per heavy atom. The summed E-state index contributed by atoms with van der Waals surface area (Å²) in [5.41, 5.74) is 9.99. The van der Waals surface area contributed by atoms with Crippen molar-refractivity contribution in [1.29, 1.82) is 0 Å². The molecule has 1 aliphatic heterocycles. The number of amides is 2. The molecule has 404 valence electrons. The molecule has 9 rings (SSSR count). The largest absolute Gasteiger partial charge is 0.462 e. The minimum Gasteiger partial charge on any atom is -0.462 e. The zero-order valence-corrected chi connectivity index (χ0v) is 44.8. The SMILES string of the molecule is CC(=O)O[C@H]1C[C@H]2[C@@H]([C@H](OC(C)=O)C[C@@H]3CC4(CC[C@@]32C)OOC2(CC[C@@]3(C)[C@H](C[C@@H](OC(C)=O)[C@@H]5[C@@H]3C[C@H](OC(C)=O)[C@]3(C)[C@@H](C(C)CCC(N)=O)CC[C@@H]53)C2)OO4)[C@@H]2CC[C@H](C(C)CCC(N)=O)[C@@]12C. The molecule has 20 atom stereocenters. The maximum atomic E-state index is 13.0. The van der Waals surface area contributed by atoms with Crippen LogP contribution < -0.4 is 11.5 Å². The van der Waals surface area contributed by atoms with E-state index in [1.165, 1.54) is 27.7 Å². The summed E-state index contributed by atoms with van der Waals surface area (Å²) in [6, 6.07) is 0. The van der Waals surface area contributed by atoms with Gasteiger partial charge in [-0.2, -0.15) is 19.6 Å². The second kappa shape index (κ2) is 19.3. The predicted octanol–water partition coefficient (Wildman–Crippen LogP) is 8.58. The molecule has 9 aliphatic rings. The van der Waals surface area contributed by atoms with Crippen molar-refractivity contribution >= 4 is 35.7 Å². The van der Waals surface area contributed by atoms with Crippen LogP contribution in [0.5, 0.6) is 0 Å². The molecule has 0 aromatic heterocycles. The van der Waals surface area contributed by atoms with Crippen LogP contribution in [0.1, 0.15) is 185 Å². The Kier molecular flexibility index (Phi) is 14.4. The lowest BCUT2D eigenvalue weighted by atomic mass is 9.42. The van der Waals surface area contributed by atoms with Crippen LogP contribution in [0.2, 0.25) is 0 Å². The van der Waals surface area contributed by atoms with Crippen molar-refractivity contribution in [2.75, 3.05) is 0 Å². The Hall–Kier alpha value is -3.34. The molecular weight excluding hydrogens is 925 g/mol. The van der Waals surface area contributed by atoms with E-state index in [2.05, 4.69) is 41.5 Å². The highest BCUT2D eigenvalue weighted by atomic mass is 17.4. The van der Waals surface area contributed by atoms with Crippen LogP contribution in [0.4, 0.5) is 0 Å². The molecule has 4 N–H and O–H groups in total. The minimum absolute atomic E-state index is 0.00924. The first-order chi connectivity index (χ1) is 33.8. The molecule has 8 aliphatic carbocycles. The lowest BCUT2D eigenvalue weighted by molar-refractivity contribution is -0.667. The lowest BCUT2D eigenvalue weighted by Crippen LogP contribution is -2.66. The third-order valence-electron chi connectivity index (χ3n) is 22.6. The van der Waals surface area contributed by atoms with E-state index in [0.29, 0.717) is 77.0 Å². The van der Waals surface area contributed by atoms with Crippen LogP contribution in [0.25, 0.3) is 0 Å². The van der Waals surface area contributed by atoms with Gasteiger partial charge in [0.05, 0.1) is 0 Å². The van der Waals surface area contributed by atoms with Crippen molar-refractivity contribution in [2.45, 2.75) is 221 Å². The van der Waals surface area contributed by atoms with E-state index in [1.54, 1.807) is 0 Å². The van der Waals surface area contributed by atoms with Gasteiger partial charge < -0.3 is 30.4 Å². The van der Waals surface area contributed by atoms with E-state index in [-0.39, 0.29) is 153 Å². The quantitative estimate of drug-likeness (QED) is 0.106. The molecule has 1 heterocycles. The molecule has 1 saturated heterocycles. The van der Waals surface area contributed by atoms with Crippen LogP contribution in [0, 0.1) is 92.7 Å². The van der Waals surface area contributed by atoms with Gasteiger partial charge in [-0.1, -0.05) is 41.5 Å². The maximum absolute atomic E-state index is 13.0. The summed E-state index contributed by atoms with van der Waals surface area (Å²) in [5, 5.41) is 0. The smallest absolute Gasteiger partial charge is 0.302 e. The van der Waals surface area contributed by atoms with Gasteiger partial charge in [0, 0.05) is 88.9 Å². The molecule has 72 heavy (non-hydrogen) atoms. The Bertz CT molecular complexity index is 1980. The number of ether oxygens (including phenoxy) is 4. The molecule has 2 unspecified atom stereocenters. The normalized spacial score (nSPS) is 47.8. The Labute approximate surface area is 426 Å². The molecule has 16 nitrogen and oxygen atoms in total. The summed E-state index contributed by atoms with van der Waals surface area (Å²) < 4.78 is 25.4. The van der Waals surface area contributed by atoms with E-state index in [9.17, 15) is 28.8 Å². The second-order valence-corrected chi connectivity index (χ2v) is 26.0. The van der Waals surface area contributed by atoms with Crippen molar-refractivity contribution in [2.24, 2.45) is 104 Å². The second-order valence-electron chi connectivity index (χ2n) is 26.0. The highest BCUT2D eigenvalue weighted by Gasteiger charge is 2.72. The van der Waals surface area contributed by atoms with Crippen LogP contribution in [0.15, 0.2) is 0 Å². The Morgan fingerprint density at radius 2 is 0.847 bits per heavy atom. The average Bonchev–Trinajstić information content (AvgIpc) is 3.85.